The monoisotopic (exact) mass is 398 g/mol. The molecule has 1 fully saturated rings. The lowest BCUT2D eigenvalue weighted by Crippen LogP contribution is -2.47. The Hall–Kier alpha value is -1.54. The van der Waals surface area contributed by atoms with Crippen molar-refractivity contribution < 1.29 is 24.5 Å². The number of benzene rings is 1. The molecular formula is C19H27ClN2O5. The van der Waals surface area contributed by atoms with Gasteiger partial charge in [0.05, 0.1) is 24.9 Å². The minimum absolute atomic E-state index is 0.00529. The third kappa shape index (κ3) is 5.25. The number of halogens is 1. The van der Waals surface area contributed by atoms with Gasteiger partial charge in [0.1, 0.15) is 0 Å². The lowest BCUT2D eigenvalue weighted by atomic mass is 9.93. The lowest BCUT2D eigenvalue weighted by Gasteiger charge is -2.36. The van der Waals surface area contributed by atoms with E-state index in [4.69, 9.17) is 26.2 Å². The van der Waals surface area contributed by atoms with E-state index in [1.54, 1.807) is 12.1 Å². The van der Waals surface area contributed by atoms with E-state index in [2.05, 4.69) is 10.2 Å². The molecule has 2 aliphatic rings. The number of hydrogen-bond acceptors (Lipinski definition) is 6. The standard InChI is InChI=1S/C19H27ClN2O5/c20-14-9-15(18-17(10-14)26-7-2-8-27-18)19(25)21-11-13-3-5-22(4-1-6-23)12-16(13)24/h9-10,13,16,23-24H,1-8,11-12H2,(H,21,25)/t13-,16?/m0/s1. The molecular weight excluding hydrogens is 372 g/mol. The number of amides is 1. The number of hydrogen-bond donors (Lipinski definition) is 3. The molecule has 8 heteroatoms. The van der Waals surface area contributed by atoms with Gasteiger partial charge in [0.25, 0.3) is 5.91 Å². The molecule has 27 heavy (non-hydrogen) atoms. The Morgan fingerprint density at radius 1 is 1.33 bits per heavy atom. The molecule has 2 atom stereocenters. The number of nitrogens with zero attached hydrogens (tertiary/aromatic N) is 1. The maximum Gasteiger partial charge on any atom is 0.255 e. The highest BCUT2D eigenvalue weighted by molar-refractivity contribution is 6.31. The van der Waals surface area contributed by atoms with Gasteiger partial charge in [-0.05, 0) is 25.5 Å². The van der Waals surface area contributed by atoms with Crippen molar-refractivity contribution in [3.05, 3.63) is 22.7 Å². The van der Waals surface area contributed by atoms with Crippen LogP contribution in [0, 0.1) is 5.92 Å². The molecule has 2 heterocycles. The Morgan fingerprint density at radius 3 is 2.93 bits per heavy atom. The summed E-state index contributed by atoms with van der Waals surface area (Å²) in [5.74, 6) is 0.625. The molecule has 1 amide bonds. The number of ether oxygens (including phenoxy) is 2. The van der Waals surface area contributed by atoms with E-state index < -0.39 is 6.10 Å². The van der Waals surface area contributed by atoms with E-state index in [-0.39, 0.29) is 18.4 Å². The third-order valence-electron chi connectivity index (χ3n) is 5.02. The SMILES string of the molecule is O=C(NC[C@@H]1CCN(CCCO)CC1O)c1cc(Cl)cc2c1OCCCO2. The zero-order valence-corrected chi connectivity index (χ0v) is 16.1. The van der Waals surface area contributed by atoms with Crippen LogP contribution in [0.3, 0.4) is 0 Å². The first-order valence-electron chi connectivity index (χ1n) is 9.47. The average Bonchev–Trinajstić information content (AvgIpc) is 2.90. The molecule has 2 aliphatic heterocycles. The zero-order valence-electron chi connectivity index (χ0n) is 15.3. The van der Waals surface area contributed by atoms with Crippen LogP contribution < -0.4 is 14.8 Å². The summed E-state index contributed by atoms with van der Waals surface area (Å²) in [7, 11) is 0. The van der Waals surface area contributed by atoms with Gasteiger partial charge in [-0.1, -0.05) is 11.6 Å². The second kappa shape index (κ2) is 9.59. The average molecular weight is 399 g/mol. The van der Waals surface area contributed by atoms with Crippen LogP contribution in [0.5, 0.6) is 11.5 Å². The van der Waals surface area contributed by atoms with Crippen molar-refractivity contribution in [2.24, 2.45) is 5.92 Å². The first kappa shape index (κ1) is 20.2. The fourth-order valence-electron chi connectivity index (χ4n) is 3.51. The van der Waals surface area contributed by atoms with Gasteiger partial charge in [0.15, 0.2) is 11.5 Å². The number of likely N-dealkylation sites (tertiary alicyclic amines) is 1. The summed E-state index contributed by atoms with van der Waals surface area (Å²) in [5.41, 5.74) is 0.356. The van der Waals surface area contributed by atoms with Crippen molar-refractivity contribution in [2.75, 3.05) is 46.0 Å². The predicted octanol–water partition coefficient (Wildman–Crippen LogP) is 1.30. The van der Waals surface area contributed by atoms with Gasteiger partial charge in [-0.15, -0.1) is 0 Å². The van der Waals surface area contributed by atoms with Gasteiger partial charge >= 0.3 is 0 Å². The van der Waals surface area contributed by atoms with Gasteiger partial charge in [-0.2, -0.15) is 0 Å². The molecule has 1 aromatic carbocycles. The molecule has 0 saturated carbocycles. The molecule has 7 nitrogen and oxygen atoms in total. The number of rotatable bonds is 6. The number of aliphatic hydroxyl groups is 2. The normalized spacial score (nSPS) is 22.9. The summed E-state index contributed by atoms with van der Waals surface area (Å²) in [6.07, 6.45) is 1.73. The van der Waals surface area contributed by atoms with Crippen LogP contribution in [0.2, 0.25) is 5.02 Å². The quantitative estimate of drug-likeness (QED) is 0.669. The molecule has 0 bridgehead atoms. The first-order valence-corrected chi connectivity index (χ1v) is 9.85. The van der Waals surface area contributed by atoms with E-state index in [0.717, 1.165) is 25.9 Å². The Kier molecular flexibility index (Phi) is 7.18. The van der Waals surface area contributed by atoms with E-state index >= 15 is 0 Å². The van der Waals surface area contributed by atoms with Gasteiger partial charge < -0.3 is 29.9 Å². The number of aliphatic hydroxyl groups excluding tert-OH is 2. The number of piperidine rings is 1. The molecule has 150 valence electrons. The summed E-state index contributed by atoms with van der Waals surface area (Å²) in [5, 5.41) is 22.6. The van der Waals surface area contributed by atoms with Gasteiger partial charge in [0.2, 0.25) is 0 Å². The molecule has 1 unspecified atom stereocenters. The summed E-state index contributed by atoms with van der Waals surface area (Å²) in [6.45, 7) is 3.73. The van der Waals surface area contributed by atoms with Crippen LogP contribution >= 0.6 is 11.6 Å². The highest BCUT2D eigenvalue weighted by atomic mass is 35.5. The smallest absolute Gasteiger partial charge is 0.255 e. The molecule has 0 spiro atoms. The van der Waals surface area contributed by atoms with Crippen LogP contribution in [-0.4, -0.2) is 73.1 Å². The van der Waals surface area contributed by atoms with Crippen LogP contribution in [-0.2, 0) is 0 Å². The molecule has 1 saturated heterocycles. The van der Waals surface area contributed by atoms with Gasteiger partial charge in [-0.3, -0.25) is 4.79 Å². The molecule has 3 N–H and O–H groups in total. The fraction of sp³-hybridized carbons (Fsp3) is 0.632. The predicted molar refractivity (Wildman–Crippen MR) is 102 cm³/mol. The minimum Gasteiger partial charge on any atom is -0.489 e. The number of carbonyl (C=O) groups excluding carboxylic acids is 1. The Labute approximate surface area is 164 Å². The van der Waals surface area contributed by atoms with Gasteiger partial charge in [-0.25, -0.2) is 0 Å². The van der Waals surface area contributed by atoms with Gasteiger partial charge in [0, 0.05) is 49.7 Å². The summed E-state index contributed by atoms with van der Waals surface area (Å²) >= 11 is 6.13. The third-order valence-corrected chi connectivity index (χ3v) is 5.24. The van der Waals surface area contributed by atoms with Crippen molar-refractivity contribution in [3.8, 4) is 11.5 Å². The highest BCUT2D eigenvalue weighted by Gasteiger charge is 2.28. The fourth-order valence-corrected chi connectivity index (χ4v) is 3.72. The second-order valence-electron chi connectivity index (χ2n) is 7.03. The summed E-state index contributed by atoms with van der Waals surface area (Å²) in [6, 6.07) is 3.24. The largest absolute Gasteiger partial charge is 0.489 e. The first-order chi connectivity index (χ1) is 13.1. The van der Waals surface area contributed by atoms with Crippen molar-refractivity contribution in [1.29, 1.82) is 0 Å². The number of β-amino-alcohol motifs (C(OH)–C–C–N with tert-alkyl or cyclic N) is 1. The molecule has 0 aromatic heterocycles. The summed E-state index contributed by atoms with van der Waals surface area (Å²) < 4.78 is 11.3. The van der Waals surface area contributed by atoms with E-state index in [1.165, 1.54) is 0 Å². The highest BCUT2D eigenvalue weighted by Crippen LogP contribution is 2.36. The molecule has 3 rings (SSSR count). The van der Waals surface area contributed by atoms with Crippen molar-refractivity contribution in [2.45, 2.75) is 25.4 Å². The van der Waals surface area contributed by atoms with Crippen LogP contribution in [0.15, 0.2) is 12.1 Å². The number of fused-ring (bicyclic) bond motifs is 1. The Balaban J connectivity index is 1.59. The van der Waals surface area contributed by atoms with Crippen molar-refractivity contribution in [3.63, 3.8) is 0 Å². The number of nitrogens with one attached hydrogen (secondary N) is 1. The Morgan fingerprint density at radius 2 is 2.15 bits per heavy atom. The maximum absolute atomic E-state index is 12.7. The number of carbonyl (C=O) groups is 1. The van der Waals surface area contributed by atoms with Crippen LogP contribution in [0.1, 0.15) is 29.6 Å². The minimum atomic E-state index is -0.506. The zero-order chi connectivity index (χ0) is 19.2. The van der Waals surface area contributed by atoms with Crippen LogP contribution in [0.4, 0.5) is 0 Å². The lowest BCUT2D eigenvalue weighted by molar-refractivity contribution is 0.0201. The Bertz CT molecular complexity index is 657. The summed E-state index contributed by atoms with van der Waals surface area (Å²) in [4.78, 5) is 14.9. The van der Waals surface area contributed by atoms with E-state index in [0.29, 0.717) is 54.8 Å². The van der Waals surface area contributed by atoms with E-state index in [9.17, 15) is 9.90 Å². The topological polar surface area (TPSA) is 91.3 Å². The maximum atomic E-state index is 12.7. The second-order valence-corrected chi connectivity index (χ2v) is 7.47. The van der Waals surface area contributed by atoms with Crippen molar-refractivity contribution in [1.82, 2.24) is 10.2 Å². The molecule has 1 aromatic rings. The molecule has 0 radical (unpaired) electrons. The van der Waals surface area contributed by atoms with Crippen LogP contribution in [0.25, 0.3) is 0 Å². The van der Waals surface area contributed by atoms with E-state index in [1.807, 2.05) is 0 Å². The van der Waals surface area contributed by atoms with Crippen molar-refractivity contribution >= 4 is 17.5 Å². The molecule has 0 aliphatic carbocycles.